The van der Waals surface area contributed by atoms with Crippen LogP contribution in [0.3, 0.4) is 0 Å². The molecule has 0 saturated carbocycles. The normalized spacial score (nSPS) is 16.7. The fourth-order valence-corrected chi connectivity index (χ4v) is 4.75. The standard InChI is InChI=1S/C22H29NOS/c1-3-13-23(14-4-2)19-15-20-21(11-8-12-22(20)25-17-19)24-16-18-9-6-5-7-10-18/h5-12,19H,3-4,13-17H2,1-2H3. The van der Waals surface area contributed by atoms with E-state index in [1.807, 2.05) is 17.8 Å². The van der Waals surface area contributed by atoms with Crippen LogP contribution in [0.4, 0.5) is 0 Å². The number of rotatable bonds is 8. The highest BCUT2D eigenvalue weighted by Crippen LogP contribution is 2.37. The number of ether oxygens (including phenoxy) is 1. The number of nitrogens with zero attached hydrogens (tertiary/aromatic N) is 1. The van der Waals surface area contributed by atoms with E-state index in [4.69, 9.17) is 4.74 Å². The Morgan fingerprint density at radius 1 is 1.00 bits per heavy atom. The van der Waals surface area contributed by atoms with Crippen LogP contribution in [-0.4, -0.2) is 29.8 Å². The molecule has 0 fully saturated rings. The Morgan fingerprint density at radius 2 is 1.76 bits per heavy atom. The van der Waals surface area contributed by atoms with Crippen molar-refractivity contribution < 1.29 is 4.74 Å². The Morgan fingerprint density at radius 3 is 2.48 bits per heavy atom. The Balaban J connectivity index is 1.73. The van der Waals surface area contributed by atoms with Crippen molar-refractivity contribution in [1.29, 1.82) is 0 Å². The summed E-state index contributed by atoms with van der Waals surface area (Å²) in [5, 5.41) is 0. The van der Waals surface area contributed by atoms with Crippen LogP contribution in [0.5, 0.6) is 5.75 Å². The molecule has 1 heterocycles. The highest BCUT2D eigenvalue weighted by molar-refractivity contribution is 7.99. The third-order valence-electron chi connectivity index (χ3n) is 4.74. The lowest BCUT2D eigenvalue weighted by atomic mass is 10.0. The molecule has 2 aromatic rings. The van der Waals surface area contributed by atoms with Gasteiger partial charge in [-0.2, -0.15) is 0 Å². The summed E-state index contributed by atoms with van der Waals surface area (Å²) in [7, 11) is 0. The third-order valence-corrected chi connectivity index (χ3v) is 5.98. The summed E-state index contributed by atoms with van der Waals surface area (Å²) in [6, 6.07) is 17.6. The van der Waals surface area contributed by atoms with Gasteiger partial charge in [-0.15, -0.1) is 11.8 Å². The van der Waals surface area contributed by atoms with E-state index in [0.29, 0.717) is 12.6 Å². The van der Waals surface area contributed by atoms with Gasteiger partial charge < -0.3 is 4.74 Å². The molecule has 0 aliphatic carbocycles. The predicted octanol–water partition coefficient (Wildman–Crippen LogP) is 5.40. The molecule has 25 heavy (non-hydrogen) atoms. The summed E-state index contributed by atoms with van der Waals surface area (Å²) in [6.07, 6.45) is 3.55. The molecular formula is C22H29NOS. The molecule has 0 bridgehead atoms. The van der Waals surface area contributed by atoms with Gasteiger partial charge in [-0.25, -0.2) is 0 Å². The summed E-state index contributed by atoms with van der Waals surface area (Å²) in [5.41, 5.74) is 2.62. The van der Waals surface area contributed by atoms with Gasteiger partial charge in [0, 0.05) is 22.3 Å². The summed E-state index contributed by atoms with van der Waals surface area (Å²) < 4.78 is 6.21. The van der Waals surface area contributed by atoms with Crippen LogP contribution >= 0.6 is 11.8 Å². The Bertz CT molecular complexity index is 652. The van der Waals surface area contributed by atoms with E-state index in [1.54, 1.807) is 0 Å². The molecule has 0 amide bonds. The van der Waals surface area contributed by atoms with Crippen molar-refractivity contribution in [3.05, 3.63) is 59.7 Å². The summed E-state index contributed by atoms with van der Waals surface area (Å²) >= 11 is 1.99. The number of fused-ring (bicyclic) bond motifs is 1. The molecule has 1 unspecified atom stereocenters. The predicted molar refractivity (Wildman–Crippen MR) is 108 cm³/mol. The molecule has 1 atom stereocenters. The van der Waals surface area contributed by atoms with Crippen LogP contribution in [0.25, 0.3) is 0 Å². The molecule has 3 rings (SSSR count). The second-order valence-electron chi connectivity index (χ2n) is 6.71. The molecule has 1 aliphatic heterocycles. The van der Waals surface area contributed by atoms with Gasteiger partial charge in [-0.05, 0) is 50.0 Å². The zero-order chi connectivity index (χ0) is 17.5. The number of hydrogen-bond acceptors (Lipinski definition) is 3. The van der Waals surface area contributed by atoms with Crippen LogP contribution in [0.2, 0.25) is 0 Å². The van der Waals surface area contributed by atoms with Gasteiger partial charge in [-0.1, -0.05) is 50.2 Å². The van der Waals surface area contributed by atoms with Crippen molar-refractivity contribution in [2.24, 2.45) is 0 Å². The largest absolute Gasteiger partial charge is 0.489 e. The smallest absolute Gasteiger partial charge is 0.124 e. The molecule has 0 aromatic heterocycles. The van der Waals surface area contributed by atoms with Crippen molar-refractivity contribution in [2.75, 3.05) is 18.8 Å². The first kappa shape index (κ1) is 18.3. The minimum Gasteiger partial charge on any atom is -0.489 e. The zero-order valence-corrected chi connectivity index (χ0v) is 16.2. The quantitative estimate of drug-likeness (QED) is 0.629. The summed E-state index contributed by atoms with van der Waals surface area (Å²) in [4.78, 5) is 4.07. The van der Waals surface area contributed by atoms with Crippen LogP contribution in [-0.2, 0) is 13.0 Å². The third kappa shape index (κ3) is 4.80. The molecular weight excluding hydrogens is 326 g/mol. The lowest BCUT2D eigenvalue weighted by Crippen LogP contribution is -2.41. The first-order chi connectivity index (χ1) is 12.3. The number of benzene rings is 2. The van der Waals surface area contributed by atoms with E-state index in [-0.39, 0.29) is 0 Å². The van der Waals surface area contributed by atoms with Crippen molar-refractivity contribution in [3.8, 4) is 5.75 Å². The average molecular weight is 356 g/mol. The zero-order valence-electron chi connectivity index (χ0n) is 15.4. The molecule has 0 saturated heterocycles. The van der Waals surface area contributed by atoms with Crippen molar-refractivity contribution in [1.82, 2.24) is 4.90 Å². The molecule has 2 aromatic carbocycles. The highest BCUT2D eigenvalue weighted by Gasteiger charge is 2.26. The Kier molecular flexibility index (Phi) is 6.83. The van der Waals surface area contributed by atoms with E-state index in [1.165, 1.54) is 47.7 Å². The second-order valence-corrected chi connectivity index (χ2v) is 7.77. The van der Waals surface area contributed by atoms with Gasteiger partial charge in [0.1, 0.15) is 12.4 Å². The first-order valence-electron chi connectivity index (χ1n) is 9.47. The fraction of sp³-hybridized carbons (Fsp3) is 0.455. The van der Waals surface area contributed by atoms with E-state index < -0.39 is 0 Å². The van der Waals surface area contributed by atoms with Crippen LogP contribution in [0, 0.1) is 0 Å². The molecule has 0 spiro atoms. The van der Waals surface area contributed by atoms with Crippen molar-refractivity contribution in [3.63, 3.8) is 0 Å². The van der Waals surface area contributed by atoms with Gasteiger partial charge in [0.05, 0.1) is 0 Å². The minimum absolute atomic E-state index is 0.624. The van der Waals surface area contributed by atoms with E-state index in [2.05, 4.69) is 61.2 Å². The summed E-state index contributed by atoms with van der Waals surface area (Å²) in [5.74, 6) is 2.25. The van der Waals surface area contributed by atoms with Gasteiger partial charge >= 0.3 is 0 Å². The van der Waals surface area contributed by atoms with E-state index in [0.717, 1.165) is 12.2 Å². The fourth-order valence-electron chi connectivity index (χ4n) is 3.52. The van der Waals surface area contributed by atoms with Gasteiger partial charge in [0.15, 0.2) is 0 Å². The van der Waals surface area contributed by atoms with E-state index >= 15 is 0 Å². The topological polar surface area (TPSA) is 12.5 Å². The van der Waals surface area contributed by atoms with Crippen molar-refractivity contribution >= 4 is 11.8 Å². The monoisotopic (exact) mass is 355 g/mol. The molecule has 2 nitrogen and oxygen atoms in total. The van der Waals surface area contributed by atoms with Crippen LogP contribution in [0.1, 0.15) is 37.8 Å². The molecule has 134 valence electrons. The SMILES string of the molecule is CCCN(CCC)C1CSc2cccc(OCc3ccccc3)c2C1. The average Bonchev–Trinajstić information content (AvgIpc) is 2.66. The minimum atomic E-state index is 0.624. The lowest BCUT2D eigenvalue weighted by molar-refractivity contribution is 0.207. The van der Waals surface area contributed by atoms with Crippen LogP contribution < -0.4 is 4.74 Å². The van der Waals surface area contributed by atoms with Crippen molar-refractivity contribution in [2.45, 2.75) is 50.7 Å². The maximum absolute atomic E-state index is 6.21. The molecule has 3 heteroatoms. The Hall–Kier alpha value is -1.45. The first-order valence-corrected chi connectivity index (χ1v) is 10.5. The van der Waals surface area contributed by atoms with Crippen LogP contribution in [0.15, 0.2) is 53.4 Å². The molecule has 1 aliphatic rings. The van der Waals surface area contributed by atoms with Gasteiger partial charge in [0.2, 0.25) is 0 Å². The second kappa shape index (κ2) is 9.30. The molecule has 0 radical (unpaired) electrons. The number of hydrogen-bond donors (Lipinski definition) is 0. The highest BCUT2D eigenvalue weighted by atomic mass is 32.2. The molecule has 0 N–H and O–H groups in total. The Labute approximate surface area is 156 Å². The maximum atomic E-state index is 6.21. The van der Waals surface area contributed by atoms with E-state index in [9.17, 15) is 0 Å². The maximum Gasteiger partial charge on any atom is 0.124 e. The number of thioether (sulfide) groups is 1. The summed E-state index contributed by atoms with van der Waals surface area (Å²) in [6.45, 7) is 7.59. The van der Waals surface area contributed by atoms with Gasteiger partial charge in [0.25, 0.3) is 0 Å². The lowest BCUT2D eigenvalue weighted by Gasteiger charge is -2.35. The van der Waals surface area contributed by atoms with Gasteiger partial charge in [-0.3, -0.25) is 4.90 Å².